The Hall–Kier alpha value is -2.24. The Bertz CT molecular complexity index is 871. The molecule has 1 amide bonds. The van der Waals surface area contributed by atoms with Crippen molar-refractivity contribution in [1.82, 2.24) is 10.2 Å². The van der Waals surface area contributed by atoms with Crippen LogP contribution in [0.25, 0.3) is 0 Å². The molecule has 148 valence electrons. The highest BCUT2D eigenvalue weighted by atomic mass is 35.5. The summed E-state index contributed by atoms with van der Waals surface area (Å²) in [6.45, 7) is 5.77. The average molecular weight is 401 g/mol. The predicted molar refractivity (Wildman–Crippen MR) is 109 cm³/mol. The number of amides is 1. The second-order valence-electron chi connectivity index (χ2n) is 7.38. The van der Waals surface area contributed by atoms with Crippen LogP contribution in [-0.2, 0) is 13.0 Å². The number of hydrogen-bond acceptors (Lipinski definition) is 4. The Morgan fingerprint density at radius 2 is 2.00 bits per heavy atom. The van der Waals surface area contributed by atoms with Gasteiger partial charge < -0.3 is 14.8 Å². The van der Waals surface area contributed by atoms with Crippen LogP contribution in [0.5, 0.6) is 11.5 Å². The van der Waals surface area contributed by atoms with Crippen LogP contribution < -0.4 is 14.8 Å². The Balaban J connectivity index is 1.38. The normalized spacial score (nSPS) is 17.4. The van der Waals surface area contributed by atoms with Gasteiger partial charge in [0.15, 0.2) is 11.5 Å². The van der Waals surface area contributed by atoms with Crippen LogP contribution in [0.15, 0.2) is 36.4 Å². The van der Waals surface area contributed by atoms with Crippen LogP contribution in [0, 0.1) is 0 Å². The molecule has 28 heavy (non-hydrogen) atoms. The minimum absolute atomic E-state index is 0.151. The number of nitrogens with one attached hydrogen (secondary N) is 1. The Morgan fingerprint density at radius 1 is 1.21 bits per heavy atom. The first kappa shape index (κ1) is 19.1. The predicted octanol–water partition coefficient (Wildman–Crippen LogP) is 3.68. The molecule has 2 aromatic rings. The maximum absolute atomic E-state index is 12.7. The van der Waals surface area contributed by atoms with E-state index in [1.54, 1.807) is 12.1 Å². The second-order valence-corrected chi connectivity index (χ2v) is 7.79. The highest BCUT2D eigenvalue weighted by molar-refractivity contribution is 6.32. The SMILES string of the molecule is CC(CNC(=O)c1cc(Cl)c2c(c1)OCCCO2)N1CCc2ccccc2C1. The van der Waals surface area contributed by atoms with Gasteiger partial charge in [-0.2, -0.15) is 0 Å². The molecule has 0 fully saturated rings. The van der Waals surface area contributed by atoms with E-state index in [1.807, 2.05) is 0 Å². The second kappa shape index (κ2) is 8.41. The van der Waals surface area contributed by atoms with E-state index in [4.69, 9.17) is 21.1 Å². The third kappa shape index (κ3) is 4.10. The van der Waals surface area contributed by atoms with Gasteiger partial charge in [0.1, 0.15) is 0 Å². The number of carbonyl (C=O) groups is 1. The van der Waals surface area contributed by atoms with Crippen LogP contribution in [0.1, 0.15) is 34.8 Å². The van der Waals surface area contributed by atoms with E-state index in [9.17, 15) is 4.79 Å². The Kier molecular flexibility index (Phi) is 5.74. The van der Waals surface area contributed by atoms with Crippen molar-refractivity contribution in [2.75, 3.05) is 26.3 Å². The fraction of sp³-hybridized carbons (Fsp3) is 0.409. The molecule has 1 N–H and O–H groups in total. The number of benzene rings is 2. The summed E-state index contributed by atoms with van der Waals surface area (Å²) in [5.41, 5.74) is 3.30. The van der Waals surface area contributed by atoms with Crippen molar-refractivity contribution in [3.05, 3.63) is 58.1 Å². The molecule has 1 unspecified atom stereocenters. The van der Waals surface area contributed by atoms with Crippen LogP contribution in [0.4, 0.5) is 0 Å². The lowest BCUT2D eigenvalue weighted by molar-refractivity contribution is 0.0932. The molecule has 2 aliphatic heterocycles. The van der Waals surface area contributed by atoms with Gasteiger partial charge in [-0.1, -0.05) is 35.9 Å². The molecule has 0 bridgehead atoms. The maximum Gasteiger partial charge on any atom is 0.251 e. The molecule has 0 spiro atoms. The van der Waals surface area contributed by atoms with Crippen molar-refractivity contribution >= 4 is 17.5 Å². The number of hydrogen-bond donors (Lipinski definition) is 1. The van der Waals surface area contributed by atoms with Crippen LogP contribution in [-0.4, -0.2) is 43.2 Å². The minimum Gasteiger partial charge on any atom is -0.489 e. The molecule has 0 aromatic heterocycles. The highest BCUT2D eigenvalue weighted by Crippen LogP contribution is 2.38. The topological polar surface area (TPSA) is 50.8 Å². The summed E-state index contributed by atoms with van der Waals surface area (Å²) in [6, 6.07) is 12.2. The summed E-state index contributed by atoms with van der Waals surface area (Å²) in [6.07, 6.45) is 1.84. The first-order valence-electron chi connectivity index (χ1n) is 9.80. The van der Waals surface area contributed by atoms with E-state index in [1.165, 1.54) is 11.1 Å². The standard InChI is InChI=1S/C22H25ClN2O3/c1-15(25-8-7-16-5-2-3-6-17(16)14-25)13-24-22(26)18-11-19(23)21-20(12-18)27-9-4-10-28-21/h2-3,5-6,11-12,15H,4,7-10,13-14H2,1H3,(H,24,26). The van der Waals surface area contributed by atoms with Crippen molar-refractivity contribution in [2.24, 2.45) is 0 Å². The van der Waals surface area contributed by atoms with Crippen LogP contribution >= 0.6 is 11.6 Å². The first-order chi connectivity index (χ1) is 13.6. The molecule has 0 saturated carbocycles. The molecule has 5 nitrogen and oxygen atoms in total. The summed E-state index contributed by atoms with van der Waals surface area (Å²) in [5, 5.41) is 3.44. The van der Waals surface area contributed by atoms with E-state index in [2.05, 4.69) is 41.4 Å². The molecule has 2 heterocycles. The quantitative estimate of drug-likeness (QED) is 0.850. The lowest BCUT2D eigenvalue weighted by atomic mass is 9.99. The van der Waals surface area contributed by atoms with Crippen molar-refractivity contribution in [3.8, 4) is 11.5 Å². The third-order valence-corrected chi connectivity index (χ3v) is 5.69. The Labute approximate surface area is 170 Å². The average Bonchev–Trinajstić information content (AvgIpc) is 2.97. The minimum atomic E-state index is -0.151. The number of carbonyl (C=O) groups excluding carboxylic acids is 1. The fourth-order valence-corrected chi connectivity index (χ4v) is 3.99. The number of rotatable bonds is 4. The van der Waals surface area contributed by atoms with Gasteiger partial charge in [-0.15, -0.1) is 0 Å². The molecule has 2 aliphatic rings. The van der Waals surface area contributed by atoms with Gasteiger partial charge in [0, 0.05) is 37.7 Å². The summed E-state index contributed by atoms with van der Waals surface area (Å²) >= 11 is 6.30. The monoisotopic (exact) mass is 400 g/mol. The lowest BCUT2D eigenvalue weighted by Gasteiger charge is -2.33. The smallest absolute Gasteiger partial charge is 0.251 e. The fourth-order valence-electron chi connectivity index (χ4n) is 3.73. The van der Waals surface area contributed by atoms with Crippen molar-refractivity contribution < 1.29 is 14.3 Å². The molecular weight excluding hydrogens is 376 g/mol. The zero-order valence-electron chi connectivity index (χ0n) is 16.0. The van der Waals surface area contributed by atoms with Gasteiger partial charge in [-0.3, -0.25) is 9.69 Å². The van der Waals surface area contributed by atoms with Crippen LogP contribution in [0.3, 0.4) is 0 Å². The van der Waals surface area contributed by atoms with Crippen molar-refractivity contribution in [2.45, 2.75) is 32.4 Å². The Morgan fingerprint density at radius 3 is 2.86 bits per heavy atom. The number of ether oxygens (including phenoxy) is 2. The zero-order valence-corrected chi connectivity index (χ0v) is 16.8. The molecule has 0 aliphatic carbocycles. The largest absolute Gasteiger partial charge is 0.489 e. The summed E-state index contributed by atoms with van der Waals surface area (Å²) in [4.78, 5) is 15.1. The number of nitrogens with zero attached hydrogens (tertiary/aromatic N) is 1. The van der Waals surface area contributed by atoms with Gasteiger partial charge in [0.05, 0.1) is 18.2 Å². The van der Waals surface area contributed by atoms with E-state index in [0.29, 0.717) is 41.8 Å². The van der Waals surface area contributed by atoms with Gasteiger partial charge >= 0.3 is 0 Å². The van der Waals surface area contributed by atoms with Gasteiger partial charge in [-0.25, -0.2) is 0 Å². The lowest BCUT2D eigenvalue weighted by Crippen LogP contribution is -2.44. The van der Waals surface area contributed by atoms with Crippen molar-refractivity contribution in [1.29, 1.82) is 0 Å². The number of fused-ring (bicyclic) bond motifs is 2. The third-order valence-electron chi connectivity index (χ3n) is 5.41. The van der Waals surface area contributed by atoms with E-state index in [-0.39, 0.29) is 11.9 Å². The molecular formula is C22H25ClN2O3. The van der Waals surface area contributed by atoms with E-state index >= 15 is 0 Å². The van der Waals surface area contributed by atoms with Gasteiger partial charge in [0.25, 0.3) is 5.91 Å². The molecule has 1 atom stereocenters. The maximum atomic E-state index is 12.7. The zero-order chi connectivity index (χ0) is 19.5. The molecule has 4 rings (SSSR count). The molecule has 6 heteroatoms. The number of halogens is 1. The molecule has 0 radical (unpaired) electrons. The van der Waals surface area contributed by atoms with Gasteiger partial charge in [-0.05, 0) is 36.6 Å². The van der Waals surface area contributed by atoms with Crippen LogP contribution in [0.2, 0.25) is 5.02 Å². The van der Waals surface area contributed by atoms with E-state index < -0.39 is 0 Å². The molecule has 0 saturated heterocycles. The van der Waals surface area contributed by atoms with Gasteiger partial charge in [0.2, 0.25) is 0 Å². The summed E-state index contributed by atoms with van der Waals surface area (Å²) in [7, 11) is 0. The summed E-state index contributed by atoms with van der Waals surface area (Å²) < 4.78 is 11.3. The highest BCUT2D eigenvalue weighted by Gasteiger charge is 2.22. The van der Waals surface area contributed by atoms with E-state index in [0.717, 1.165) is 25.9 Å². The summed E-state index contributed by atoms with van der Waals surface area (Å²) in [5.74, 6) is 0.911. The first-order valence-corrected chi connectivity index (χ1v) is 10.2. The van der Waals surface area contributed by atoms with Crippen molar-refractivity contribution in [3.63, 3.8) is 0 Å². The molecule has 2 aromatic carbocycles.